The first kappa shape index (κ1) is 14.2. The molecular weight excluding hydrogens is 288 g/mol. The summed E-state index contributed by atoms with van der Waals surface area (Å²) in [5, 5.41) is 2.04. The van der Waals surface area contributed by atoms with Gasteiger partial charge in [0.05, 0.1) is 0 Å². The van der Waals surface area contributed by atoms with Gasteiger partial charge in [0.25, 0.3) is 0 Å². The van der Waals surface area contributed by atoms with Crippen molar-refractivity contribution in [1.82, 2.24) is 0 Å². The van der Waals surface area contributed by atoms with Crippen LogP contribution in [0, 0.1) is 11.8 Å². The Bertz CT molecular complexity index is 791. The van der Waals surface area contributed by atoms with Crippen LogP contribution in [0.5, 0.6) is 5.75 Å². The van der Waals surface area contributed by atoms with Crippen molar-refractivity contribution in [2.24, 2.45) is 0 Å². The van der Waals surface area contributed by atoms with E-state index in [0.29, 0.717) is 5.76 Å². The van der Waals surface area contributed by atoms with Gasteiger partial charge in [-0.1, -0.05) is 48.4 Å². The predicted octanol–water partition coefficient (Wildman–Crippen LogP) is 5.22. The second-order valence-corrected chi connectivity index (χ2v) is 5.53. The minimum Gasteiger partial charge on any atom is -0.448 e. The van der Waals surface area contributed by atoms with Gasteiger partial charge in [-0.05, 0) is 41.6 Å². The topological polar surface area (TPSA) is 9.23 Å². The Labute approximate surface area is 134 Å². The summed E-state index contributed by atoms with van der Waals surface area (Å²) in [6.45, 7) is 0. The zero-order valence-corrected chi connectivity index (χ0v) is 12.7. The van der Waals surface area contributed by atoms with Crippen LogP contribution in [0.1, 0.15) is 10.4 Å². The van der Waals surface area contributed by atoms with Gasteiger partial charge in [0.1, 0.15) is 5.75 Å². The van der Waals surface area contributed by atoms with Gasteiger partial charge in [-0.3, -0.25) is 0 Å². The molecule has 0 radical (unpaired) electrons. The standard InChI is InChI=1S/C20H14OS/c1-3-8-17(9-4-1)13-14-19(16-20-12-7-15-22-20)21-18-10-5-2-6-11-18/h1-12,15-16H/b19-16-. The number of hydrogen-bond acceptors (Lipinski definition) is 2. The highest BCUT2D eigenvalue weighted by Crippen LogP contribution is 2.17. The highest BCUT2D eigenvalue weighted by atomic mass is 32.1. The van der Waals surface area contributed by atoms with Crippen LogP contribution in [-0.2, 0) is 0 Å². The molecule has 2 aromatic carbocycles. The minimum atomic E-state index is 0.637. The van der Waals surface area contributed by atoms with Crippen molar-refractivity contribution in [1.29, 1.82) is 0 Å². The first-order valence-corrected chi connectivity index (χ1v) is 7.83. The maximum Gasteiger partial charge on any atom is 0.179 e. The van der Waals surface area contributed by atoms with E-state index in [9.17, 15) is 0 Å². The lowest BCUT2D eigenvalue weighted by Gasteiger charge is -2.04. The third kappa shape index (κ3) is 4.12. The third-order valence-electron chi connectivity index (χ3n) is 2.89. The predicted molar refractivity (Wildman–Crippen MR) is 92.7 cm³/mol. The molecule has 0 amide bonds. The SMILES string of the molecule is C(#Cc1ccccc1)/C(=C/c1cccs1)Oc1ccccc1. The van der Waals surface area contributed by atoms with E-state index in [-0.39, 0.29) is 0 Å². The average Bonchev–Trinajstić information content (AvgIpc) is 3.08. The second-order valence-electron chi connectivity index (χ2n) is 4.56. The maximum absolute atomic E-state index is 5.90. The van der Waals surface area contributed by atoms with Crippen molar-refractivity contribution in [3.8, 4) is 17.6 Å². The third-order valence-corrected chi connectivity index (χ3v) is 3.71. The van der Waals surface area contributed by atoms with Crippen molar-refractivity contribution >= 4 is 17.4 Å². The molecule has 0 N–H and O–H groups in total. The van der Waals surface area contributed by atoms with Crippen LogP contribution in [0.15, 0.2) is 83.9 Å². The highest BCUT2D eigenvalue weighted by molar-refractivity contribution is 7.10. The summed E-state index contributed by atoms with van der Waals surface area (Å²) in [5.74, 6) is 7.68. The van der Waals surface area contributed by atoms with Crippen LogP contribution in [0.2, 0.25) is 0 Å². The lowest BCUT2D eigenvalue weighted by molar-refractivity contribution is 0.454. The van der Waals surface area contributed by atoms with Crippen molar-refractivity contribution in [3.63, 3.8) is 0 Å². The van der Waals surface area contributed by atoms with Crippen LogP contribution in [0.25, 0.3) is 6.08 Å². The van der Waals surface area contributed by atoms with E-state index >= 15 is 0 Å². The summed E-state index contributed by atoms with van der Waals surface area (Å²) in [5.41, 5.74) is 0.969. The molecule has 0 aliphatic heterocycles. The van der Waals surface area contributed by atoms with E-state index < -0.39 is 0 Å². The molecule has 0 bridgehead atoms. The Morgan fingerprint density at radius 2 is 1.59 bits per heavy atom. The largest absolute Gasteiger partial charge is 0.448 e. The van der Waals surface area contributed by atoms with E-state index in [1.54, 1.807) is 11.3 Å². The van der Waals surface area contributed by atoms with Crippen molar-refractivity contribution in [2.75, 3.05) is 0 Å². The molecule has 0 fully saturated rings. The van der Waals surface area contributed by atoms with Gasteiger partial charge >= 0.3 is 0 Å². The number of thiophene rings is 1. The molecule has 2 heteroatoms. The summed E-state index contributed by atoms with van der Waals surface area (Å²) in [4.78, 5) is 1.12. The fourth-order valence-corrected chi connectivity index (χ4v) is 2.51. The Balaban J connectivity index is 1.88. The molecule has 0 aliphatic rings. The first-order chi connectivity index (χ1) is 10.9. The van der Waals surface area contributed by atoms with Crippen molar-refractivity contribution in [2.45, 2.75) is 0 Å². The van der Waals surface area contributed by atoms with Crippen LogP contribution in [0.3, 0.4) is 0 Å². The van der Waals surface area contributed by atoms with E-state index in [0.717, 1.165) is 16.2 Å². The summed E-state index contributed by atoms with van der Waals surface area (Å²) in [6, 6.07) is 23.7. The number of benzene rings is 2. The average molecular weight is 302 g/mol. The van der Waals surface area contributed by atoms with Crippen LogP contribution in [0.4, 0.5) is 0 Å². The van der Waals surface area contributed by atoms with E-state index in [4.69, 9.17) is 4.74 Å². The Hall–Kier alpha value is -2.76. The minimum absolute atomic E-state index is 0.637. The Morgan fingerprint density at radius 1 is 0.864 bits per heavy atom. The summed E-state index contributed by atoms with van der Waals surface area (Å²) < 4.78 is 5.90. The maximum atomic E-state index is 5.90. The molecule has 0 saturated heterocycles. The van der Waals surface area contributed by atoms with Gasteiger partial charge in [0, 0.05) is 16.5 Å². The van der Waals surface area contributed by atoms with Crippen LogP contribution in [-0.4, -0.2) is 0 Å². The Kier molecular flexibility index (Phi) is 4.71. The van der Waals surface area contributed by atoms with Gasteiger partial charge in [-0.25, -0.2) is 0 Å². The lowest BCUT2D eigenvalue weighted by atomic mass is 10.2. The number of hydrogen-bond donors (Lipinski definition) is 0. The lowest BCUT2D eigenvalue weighted by Crippen LogP contribution is -1.92. The number of rotatable bonds is 3. The first-order valence-electron chi connectivity index (χ1n) is 6.95. The monoisotopic (exact) mass is 302 g/mol. The second kappa shape index (κ2) is 7.31. The van der Waals surface area contributed by atoms with Crippen molar-refractivity contribution in [3.05, 3.63) is 94.4 Å². The van der Waals surface area contributed by atoms with Gasteiger partial charge < -0.3 is 4.74 Å². The molecule has 1 aromatic heterocycles. The molecule has 22 heavy (non-hydrogen) atoms. The van der Waals surface area contributed by atoms with Crippen molar-refractivity contribution < 1.29 is 4.74 Å². The summed E-state index contributed by atoms with van der Waals surface area (Å²) in [7, 11) is 0. The van der Waals surface area contributed by atoms with E-state index in [1.165, 1.54) is 0 Å². The van der Waals surface area contributed by atoms with E-state index in [2.05, 4.69) is 11.8 Å². The van der Waals surface area contributed by atoms with Gasteiger partial charge in [0.2, 0.25) is 0 Å². The molecule has 0 unspecified atom stereocenters. The molecule has 0 spiro atoms. The van der Waals surface area contributed by atoms with Crippen LogP contribution >= 0.6 is 11.3 Å². The van der Waals surface area contributed by atoms with Gasteiger partial charge in [-0.15, -0.1) is 11.3 Å². The van der Waals surface area contributed by atoms with Gasteiger partial charge in [-0.2, -0.15) is 0 Å². The molecule has 106 valence electrons. The molecule has 0 atom stereocenters. The zero-order valence-electron chi connectivity index (χ0n) is 11.9. The molecule has 1 heterocycles. The number of ether oxygens (including phenoxy) is 1. The Morgan fingerprint density at radius 3 is 2.27 bits per heavy atom. The quantitative estimate of drug-likeness (QED) is 0.476. The molecule has 1 nitrogen and oxygen atoms in total. The van der Waals surface area contributed by atoms with Crippen LogP contribution < -0.4 is 4.74 Å². The zero-order chi connectivity index (χ0) is 15.0. The smallest absolute Gasteiger partial charge is 0.179 e. The number of para-hydroxylation sites is 1. The summed E-state index contributed by atoms with van der Waals surface area (Å²) >= 11 is 1.66. The molecule has 0 saturated carbocycles. The molecule has 3 rings (SSSR count). The van der Waals surface area contributed by atoms with Gasteiger partial charge in [0.15, 0.2) is 5.76 Å². The molecule has 3 aromatic rings. The molecular formula is C20H14OS. The fraction of sp³-hybridized carbons (Fsp3) is 0. The number of allylic oxidation sites excluding steroid dienone is 1. The molecule has 0 aliphatic carbocycles. The van der Waals surface area contributed by atoms with E-state index in [1.807, 2.05) is 84.3 Å². The normalized spacial score (nSPS) is 10.6. The fourth-order valence-electron chi connectivity index (χ4n) is 1.86. The summed E-state index contributed by atoms with van der Waals surface area (Å²) in [6.07, 6.45) is 1.97. The highest BCUT2D eigenvalue weighted by Gasteiger charge is 1.99.